The normalized spacial score (nSPS) is 11.1. The zero-order valence-corrected chi connectivity index (χ0v) is 11.4. The van der Waals surface area contributed by atoms with Crippen molar-refractivity contribution in [2.75, 3.05) is 11.5 Å². The Morgan fingerprint density at radius 2 is 1.74 bits per heavy atom. The Hall–Kier alpha value is -2.43. The highest BCUT2D eigenvalue weighted by atomic mass is 15.2. The van der Waals surface area contributed by atoms with E-state index in [1.165, 1.54) is 5.56 Å². The third-order valence-electron chi connectivity index (χ3n) is 2.93. The molecule has 98 valence electrons. The van der Waals surface area contributed by atoms with Gasteiger partial charge in [-0.2, -0.15) is 0 Å². The van der Waals surface area contributed by atoms with E-state index in [1.54, 1.807) is 6.07 Å². The third kappa shape index (κ3) is 2.88. The fourth-order valence-corrected chi connectivity index (χ4v) is 1.76. The molecule has 0 aliphatic heterocycles. The molecule has 0 amide bonds. The number of nitrogens with two attached hydrogens (primary N) is 2. The number of hydrogen-bond donors (Lipinski definition) is 2. The summed E-state index contributed by atoms with van der Waals surface area (Å²) in [6.45, 7) is 3.95. The Kier molecular flexibility index (Phi) is 3.46. The molecule has 1 heterocycles. The van der Waals surface area contributed by atoms with Crippen molar-refractivity contribution in [3.05, 3.63) is 41.6 Å². The van der Waals surface area contributed by atoms with Crippen LogP contribution in [0.2, 0.25) is 0 Å². The summed E-state index contributed by atoms with van der Waals surface area (Å²) in [5.74, 6) is 0.763. The van der Waals surface area contributed by atoms with Gasteiger partial charge in [-0.15, -0.1) is 0 Å². The van der Waals surface area contributed by atoms with E-state index in [-0.39, 0.29) is 0 Å². The van der Waals surface area contributed by atoms with Gasteiger partial charge >= 0.3 is 5.82 Å². The minimum atomic E-state index is 0.529. The van der Waals surface area contributed by atoms with E-state index in [0.717, 1.165) is 11.4 Å². The molecule has 0 radical (unpaired) electrons. The lowest BCUT2D eigenvalue weighted by Gasteiger charge is -2.02. The van der Waals surface area contributed by atoms with Crippen molar-refractivity contribution >= 4 is 22.9 Å². The fraction of sp³-hybridized carbons (Fsp3) is 0.214. The van der Waals surface area contributed by atoms with Crippen LogP contribution >= 0.6 is 0 Å². The van der Waals surface area contributed by atoms with Gasteiger partial charge in [-0.3, -0.25) is 0 Å². The third-order valence-corrected chi connectivity index (χ3v) is 2.93. The topological polar surface area (TPSA) is 80.6 Å². The van der Waals surface area contributed by atoms with Crippen LogP contribution in [0.1, 0.15) is 11.1 Å². The number of aryl methyl sites for hydroxylation is 3. The van der Waals surface area contributed by atoms with Gasteiger partial charge in [0.1, 0.15) is 5.69 Å². The molecule has 2 rings (SSSR count). The first kappa shape index (κ1) is 13.0. The second kappa shape index (κ2) is 5.06. The number of nitrogens with zero attached hydrogens (tertiary/aromatic N) is 3. The van der Waals surface area contributed by atoms with E-state index in [9.17, 15) is 0 Å². The Morgan fingerprint density at radius 3 is 2.42 bits per heavy atom. The second-order valence-corrected chi connectivity index (χ2v) is 4.64. The molecule has 0 spiro atoms. The van der Waals surface area contributed by atoms with Crippen molar-refractivity contribution in [2.45, 2.75) is 13.8 Å². The number of rotatable bonds is 2. The maximum absolute atomic E-state index is 5.88. The van der Waals surface area contributed by atoms with Gasteiger partial charge in [-0.05, 0) is 48.3 Å². The summed E-state index contributed by atoms with van der Waals surface area (Å²) in [7, 11) is 1.93. The smallest absolute Gasteiger partial charge is 0.350 e. The van der Waals surface area contributed by atoms with Crippen LogP contribution in [0.25, 0.3) is 0 Å². The summed E-state index contributed by atoms with van der Waals surface area (Å²) in [4.78, 5) is 0. The van der Waals surface area contributed by atoms with Crippen LogP contribution in [-0.2, 0) is 7.05 Å². The summed E-state index contributed by atoms with van der Waals surface area (Å²) in [5, 5.41) is 8.41. The van der Waals surface area contributed by atoms with Crippen molar-refractivity contribution in [1.82, 2.24) is 0 Å². The molecule has 0 atom stereocenters. The van der Waals surface area contributed by atoms with Gasteiger partial charge < -0.3 is 11.5 Å². The SMILES string of the molecule is Cc1ccc(/N=N/c2cc(C)c(N)cc2N)[n+](C)c1. The molecule has 0 bridgehead atoms. The molecule has 1 aromatic heterocycles. The molecule has 0 saturated carbocycles. The minimum absolute atomic E-state index is 0.529. The van der Waals surface area contributed by atoms with Crippen LogP contribution in [0.4, 0.5) is 22.9 Å². The average Bonchev–Trinajstić information content (AvgIpc) is 2.34. The Balaban J connectivity index is 2.35. The molecular weight excluding hydrogens is 238 g/mol. The molecule has 0 aliphatic rings. The van der Waals surface area contributed by atoms with E-state index in [4.69, 9.17) is 11.5 Å². The van der Waals surface area contributed by atoms with E-state index < -0.39 is 0 Å². The van der Waals surface area contributed by atoms with Crippen LogP contribution in [0, 0.1) is 13.8 Å². The molecule has 0 unspecified atom stereocenters. The summed E-state index contributed by atoms with van der Waals surface area (Å²) in [5.41, 5.74) is 15.6. The zero-order chi connectivity index (χ0) is 14.0. The molecule has 19 heavy (non-hydrogen) atoms. The number of nitrogen functional groups attached to an aromatic ring is 2. The van der Waals surface area contributed by atoms with E-state index in [0.29, 0.717) is 17.1 Å². The second-order valence-electron chi connectivity index (χ2n) is 4.64. The van der Waals surface area contributed by atoms with E-state index >= 15 is 0 Å². The predicted molar refractivity (Wildman–Crippen MR) is 76.5 cm³/mol. The molecule has 5 nitrogen and oxygen atoms in total. The van der Waals surface area contributed by atoms with E-state index in [1.807, 2.05) is 49.9 Å². The number of pyridine rings is 1. The van der Waals surface area contributed by atoms with Gasteiger partial charge in [-0.1, -0.05) is 0 Å². The number of aromatic nitrogens is 1. The van der Waals surface area contributed by atoms with Crippen LogP contribution in [0.15, 0.2) is 40.7 Å². The lowest BCUT2D eigenvalue weighted by molar-refractivity contribution is -0.658. The van der Waals surface area contributed by atoms with Crippen molar-refractivity contribution in [1.29, 1.82) is 0 Å². The number of anilines is 2. The van der Waals surface area contributed by atoms with Gasteiger partial charge in [0.25, 0.3) is 0 Å². The quantitative estimate of drug-likeness (QED) is 0.492. The van der Waals surface area contributed by atoms with E-state index in [2.05, 4.69) is 10.2 Å². The van der Waals surface area contributed by atoms with Crippen molar-refractivity contribution in [2.24, 2.45) is 17.3 Å². The number of benzene rings is 1. The molecule has 2 aromatic rings. The maximum atomic E-state index is 5.88. The summed E-state index contributed by atoms with van der Waals surface area (Å²) < 4.78 is 1.92. The summed E-state index contributed by atoms with van der Waals surface area (Å²) in [6, 6.07) is 7.45. The van der Waals surface area contributed by atoms with Crippen LogP contribution in [-0.4, -0.2) is 0 Å². The largest absolute Gasteiger partial charge is 0.398 e. The summed E-state index contributed by atoms with van der Waals surface area (Å²) in [6.07, 6.45) is 1.99. The Bertz CT molecular complexity index is 647. The van der Waals surface area contributed by atoms with Crippen LogP contribution < -0.4 is 16.0 Å². The minimum Gasteiger partial charge on any atom is -0.398 e. The van der Waals surface area contributed by atoms with Gasteiger partial charge in [0.05, 0.1) is 24.0 Å². The highest BCUT2D eigenvalue weighted by molar-refractivity contribution is 5.70. The standard InChI is InChI=1S/C14H17N5/c1-9-4-5-14(19(3)8-9)18-17-13-6-10(2)11(15)7-12(13)16/h4-8H,1-3H3,(H3,15,16)/p+1. The van der Waals surface area contributed by atoms with Crippen LogP contribution in [0.5, 0.6) is 0 Å². The summed E-state index contributed by atoms with van der Waals surface area (Å²) >= 11 is 0. The lowest BCUT2D eigenvalue weighted by atomic mass is 10.1. The Morgan fingerprint density at radius 1 is 1.00 bits per heavy atom. The molecule has 0 saturated heterocycles. The number of azo groups is 1. The van der Waals surface area contributed by atoms with Gasteiger partial charge in [0.15, 0.2) is 0 Å². The monoisotopic (exact) mass is 256 g/mol. The van der Waals surface area contributed by atoms with Crippen LogP contribution in [0.3, 0.4) is 0 Å². The molecule has 5 heteroatoms. The maximum Gasteiger partial charge on any atom is 0.350 e. The van der Waals surface area contributed by atoms with Gasteiger partial charge in [0, 0.05) is 11.8 Å². The van der Waals surface area contributed by atoms with Gasteiger partial charge in [0.2, 0.25) is 0 Å². The zero-order valence-electron chi connectivity index (χ0n) is 11.4. The predicted octanol–water partition coefficient (Wildman–Crippen LogP) is 2.71. The molecule has 0 aliphatic carbocycles. The first-order valence-electron chi connectivity index (χ1n) is 6.01. The average molecular weight is 256 g/mol. The molecule has 4 N–H and O–H groups in total. The number of hydrogen-bond acceptors (Lipinski definition) is 4. The highest BCUT2D eigenvalue weighted by Crippen LogP contribution is 2.28. The Labute approximate surface area is 112 Å². The first-order valence-corrected chi connectivity index (χ1v) is 6.01. The van der Waals surface area contributed by atoms with Gasteiger partial charge in [-0.25, -0.2) is 4.57 Å². The van der Waals surface area contributed by atoms with Crippen molar-refractivity contribution in [3.8, 4) is 0 Å². The van der Waals surface area contributed by atoms with Crippen molar-refractivity contribution in [3.63, 3.8) is 0 Å². The molecule has 1 aromatic carbocycles. The first-order chi connectivity index (χ1) is 8.97. The van der Waals surface area contributed by atoms with Crippen molar-refractivity contribution < 1.29 is 4.57 Å². The fourth-order valence-electron chi connectivity index (χ4n) is 1.76. The molecule has 0 fully saturated rings. The molecular formula is C14H18N5+. The lowest BCUT2D eigenvalue weighted by Crippen LogP contribution is -2.27. The highest BCUT2D eigenvalue weighted by Gasteiger charge is 2.08.